The Kier molecular flexibility index (Phi) is 3.67. The first-order valence-corrected chi connectivity index (χ1v) is 11.1. The molecule has 0 bridgehead atoms. The Morgan fingerprint density at radius 3 is 1.24 bits per heavy atom. The van der Waals surface area contributed by atoms with Crippen molar-refractivity contribution in [1.82, 2.24) is 0 Å². The van der Waals surface area contributed by atoms with E-state index in [4.69, 9.17) is 9.47 Å². The van der Waals surface area contributed by atoms with E-state index in [-0.39, 0.29) is 10.9 Å². The number of ether oxygens (including phenoxy) is 2. The van der Waals surface area contributed by atoms with Crippen LogP contribution in [0.2, 0.25) is 0 Å². The van der Waals surface area contributed by atoms with Gasteiger partial charge in [-0.25, -0.2) is 0 Å². The molecule has 0 heterocycles. The molecule has 0 aliphatic rings. The molecule has 0 fully saturated rings. The van der Waals surface area contributed by atoms with Gasteiger partial charge in [0.2, 0.25) is 0 Å². The summed E-state index contributed by atoms with van der Waals surface area (Å²) >= 11 is 0. The topological polar surface area (TPSA) is 52.6 Å². The van der Waals surface area contributed by atoms with Crippen LogP contribution in [0.5, 0.6) is 11.5 Å². The van der Waals surface area contributed by atoms with E-state index in [9.17, 15) is 9.59 Å². The third-order valence-corrected chi connectivity index (χ3v) is 7.14. The highest BCUT2D eigenvalue weighted by Gasteiger charge is 2.21. The fourth-order valence-electron chi connectivity index (χ4n) is 5.67. The molecule has 162 valence electrons. The molecule has 0 atom stereocenters. The molecule has 0 amide bonds. The Morgan fingerprint density at radius 2 is 0.824 bits per heavy atom. The number of methoxy groups -OCH3 is 2. The molecule has 0 saturated heterocycles. The minimum Gasteiger partial charge on any atom is -0.497 e. The van der Waals surface area contributed by atoms with Crippen LogP contribution in [0.4, 0.5) is 0 Å². The lowest BCUT2D eigenvalue weighted by atomic mass is 9.85. The highest BCUT2D eigenvalue weighted by Crippen LogP contribution is 2.44. The van der Waals surface area contributed by atoms with Crippen molar-refractivity contribution in [2.45, 2.75) is 0 Å². The zero-order valence-electron chi connectivity index (χ0n) is 18.6. The summed E-state index contributed by atoms with van der Waals surface area (Å²) in [6.07, 6.45) is 0. The van der Waals surface area contributed by atoms with Gasteiger partial charge in [-0.15, -0.1) is 0 Å². The van der Waals surface area contributed by atoms with Crippen LogP contribution >= 0.6 is 0 Å². The van der Waals surface area contributed by atoms with Gasteiger partial charge in [0.15, 0.2) is 10.9 Å². The summed E-state index contributed by atoms with van der Waals surface area (Å²) < 4.78 is 10.8. The van der Waals surface area contributed by atoms with Gasteiger partial charge in [-0.05, 0) is 68.7 Å². The Labute approximate surface area is 193 Å². The third kappa shape index (κ3) is 2.22. The summed E-state index contributed by atoms with van der Waals surface area (Å²) in [4.78, 5) is 27.3. The summed E-state index contributed by atoms with van der Waals surface area (Å²) in [5.41, 5.74) is -0.0342. The lowest BCUT2D eigenvalue weighted by molar-refractivity contribution is 0.415. The highest BCUT2D eigenvalue weighted by molar-refractivity contribution is 6.41. The van der Waals surface area contributed by atoms with Crippen LogP contribution in [-0.2, 0) is 0 Å². The molecule has 0 spiro atoms. The van der Waals surface area contributed by atoms with Gasteiger partial charge < -0.3 is 9.47 Å². The fraction of sp³-hybridized carbons (Fsp3) is 0.0667. The Balaban J connectivity index is 1.90. The lowest BCUT2D eigenvalue weighted by Gasteiger charge is -2.18. The summed E-state index contributed by atoms with van der Waals surface area (Å²) in [6, 6.07) is 23.0. The number of hydrogen-bond donors (Lipinski definition) is 0. The molecule has 0 aliphatic carbocycles. The van der Waals surface area contributed by atoms with Crippen molar-refractivity contribution in [3.05, 3.63) is 93.2 Å². The van der Waals surface area contributed by atoms with E-state index >= 15 is 0 Å². The standard InChI is InChI=1S/C30H18O4/c1-33-15-9-11-17-23(13-15)29(31)21-7-3-6-20-26-18-12-10-16(34-2)14-24(18)30(32)22-8-4-5-19(28(22)26)25(17)27(20)21/h3-14H,1-2H3. The molecular weight excluding hydrogens is 424 g/mol. The van der Waals surface area contributed by atoms with Crippen molar-refractivity contribution in [3.8, 4) is 11.5 Å². The molecule has 0 radical (unpaired) electrons. The zero-order valence-corrected chi connectivity index (χ0v) is 18.6. The van der Waals surface area contributed by atoms with Crippen LogP contribution < -0.4 is 20.3 Å². The average Bonchev–Trinajstić information content (AvgIpc) is 2.89. The van der Waals surface area contributed by atoms with E-state index in [2.05, 4.69) is 12.1 Å². The summed E-state index contributed by atoms with van der Waals surface area (Å²) in [7, 11) is 3.20. The van der Waals surface area contributed by atoms with Crippen LogP contribution in [0.1, 0.15) is 0 Å². The molecule has 4 heteroatoms. The molecule has 4 nitrogen and oxygen atoms in total. The van der Waals surface area contributed by atoms with Crippen LogP contribution in [0.3, 0.4) is 0 Å². The molecular formula is C30H18O4. The van der Waals surface area contributed by atoms with Crippen LogP contribution in [0.25, 0.3) is 64.6 Å². The normalized spacial score (nSPS) is 12.1. The smallest absolute Gasteiger partial charge is 0.194 e. The quantitative estimate of drug-likeness (QED) is 0.236. The maximum absolute atomic E-state index is 13.6. The van der Waals surface area contributed by atoms with Crippen molar-refractivity contribution >= 4 is 64.6 Å². The van der Waals surface area contributed by atoms with Crippen LogP contribution in [0.15, 0.2) is 82.4 Å². The minimum atomic E-state index is -0.0171. The summed E-state index contributed by atoms with van der Waals surface area (Å²) in [6.45, 7) is 0. The predicted octanol–water partition coefficient (Wildman–Crippen LogP) is 6.22. The SMILES string of the molecule is COc1ccc2c(c1)c(=O)c1cccc3c1c2c1cccc2c(=O)c4cc(OC)ccc4c3c21. The maximum Gasteiger partial charge on any atom is 0.194 e. The summed E-state index contributed by atoms with van der Waals surface area (Å²) in [5, 5.41) is 10.1. The molecule has 0 unspecified atom stereocenters. The summed E-state index contributed by atoms with van der Waals surface area (Å²) in [5.74, 6) is 1.28. The number of fused-ring (bicyclic) bond motifs is 6. The molecule has 34 heavy (non-hydrogen) atoms. The molecule has 7 aromatic carbocycles. The van der Waals surface area contributed by atoms with Crippen molar-refractivity contribution in [1.29, 1.82) is 0 Å². The first-order valence-electron chi connectivity index (χ1n) is 11.1. The minimum absolute atomic E-state index is 0.0171. The monoisotopic (exact) mass is 442 g/mol. The van der Waals surface area contributed by atoms with Crippen molar-refractivity contribution < 1.29 is 9.47 Å². The van der Waals surface area contributed by atoms with Crippen LogP contribution in [0, 0.1) is 0 Å². The van der Waals surface area contributed by atoms with E-state index < -0.39 is 0 Å². The van der Waals surface area contributed by atoms with Crippen molar-refractivity contribution in [2.75, 3.05) is 14.2 Å². The fourth-order valence-corrected chi connectivity index (χ4v) is 5.67. The highest BCUT2D eigenvalue weighted by atomic mass is 16.5. The first kappa shape index (κ1) is 19.1. The average molecular weight is 442 g/mol. The van der Waals surface area contributed by atoms with Gasteiger partial charge in [0.25, 0.3) is 0 Å². The first-order chi connectivity index (χ1) is 16.6. The predicted molar refractivity (Wildman–Crippen MR) is 139 cm³/mol. The Hall–Kier alpha value is -4.44. The van der Waals surface area contributed by atoms with Gasteiger partial charge in [-0.2, -0.15) is 0 Å². The van der Waals surface area contributed by atoms with Gasteiger partial charge in [-0.3, -0.25) is 9.59 Å². The largest absolute Gasteiger partial charge is 0.497 e. The Bertz CT molecular complexity index is 1920. The van der Waals surface area contributed by atoms with Gasteiger partial charge in [0.05, 0.1) is 14.2 Å². The van der Waals surface area contributed by atoms with Gasteiger partial charge in [0.1, 0.15) is 11.5 Å². The van der Waals surface area contributed by atoms with Crippen molar-refractivity contribution in [3.63, 3.8) is 0 Å². The Morgan fingerprint density at radius 1 is 0.441 bits per heavy atom. The molecule has 0 saturated carbocycles. The van der Waals surface area contributed by atoms with E-state index in [1.807, 2.05) is 60.7 Å². The van der Waals surface area contributed by atoms with Crippen molar-refractivity contribution in [2.24, 2.45) is 0 Å². The number of rotatable bonds is 2. The zero-order chi connectivity index (χ0) is 23.1. The van der Waals surface area contributed by atoms with E-state index in [0.717, 1.165) is 43.1 Å². The van der Waals surface area contributed by atoms with Gasteiger partial charge >= 0.3 is 0 Å². The lowest BCUT2D eigenvalue weighted by Crippen LogP contribution is -2.07. The maximum atomic E-state index is 13.6. The van der Waals surface area contributed by atoms with Crippen LogP contribution in [-0.4, -0.2) is 14.2 Å². The number of hydrogen-bond acceptors (Lipinski definition) is 4. The van der Waals surface area contributed by atoms with Gasteiger partial charge in [-0.1, -0.05) is 36.4 Å². The molecule has 7 aromatic rings. The van der Waals surface area contributed by atoms with Gasteiger partial charge in [0, 0.05) is 32.3 Å². The second kappa shape index (κ2) is 6.55. The number of benzene rings is 7. The second-order valence-electron chi connectivity index (χ2n) is 8.69. The molecule has 0 aliphatic heterocycles. The second-order valence-corrected chi connectivity index (χ2v) is 8.69. The molecule has 0 N–H and O–H groups in total. The third-order valence-electron chi connectivity index (χ3n) is 7.14. The molecule has 0 aromatic heterocycles. The van der Waals surface area contributed by atoms with E-state index in [1.165, 1.54) is 0 Å². The van der Waals surface area contributed by atoms with E-state index in [1.54, 1.807) is 14.2 Å². The van der Waals surface area contributed by atoms with E-state index in [0.29, 0.717) is 33.0 Å². The molecule has 7 rings (SSSR count).